The Morgan fingerprint density at radius 3 is 2.70 bits per heavy atom. The summed E-state index contributed by atoms with van der Waals surface area (Å²) in [5.74, 6) is -0.940. The molecule has 1 unspecified atom stereocenters. The lowest BCUT2D eigenvalue weighted by Gasteiger charge is -2.23. The van der Waals surface area contributed by atoms with Crippen molar-refractivity contribution in [2.24, 2.45) is 0 Å². The van der Waals surface area contributed by atoms with Crippen LogP contribution in [-0.4, -0.2) is 38.7 Å². The van der Waals surface area contributed by atoms with Crippen molar-refractivity contribution in [3.8, 4) is 16.9 Å². The predicted molar refractivity (Wildman–Crippen MR) is 118 cm³/mol. The van der Waals surface area contributed by atoms with Gasteiger partial charge in [-0.25, -0.2) is 13.5 Å². The SMILES string of the molecule is Nc1ccc(CCN2C(=O)COC2c2cn(-c3ccc(F)cc3)nc2-c2cc[nH]c2)c(F)c1. The Bertz CT molecular complexity index is 1280. The van der Waals surface area contributed by atoms with Crippen molar-refractivity contribution in [3.05, 3.63) is 89.9 Å². The van der Waals surface area contributed by atoms with E-state index >= 15 is 0 Å². The van der Waals surface area contributed by atoms with Crippen LogP contribution in [-0.2, 0) is 16.0 Å². The summed E-state index contributed by atoms with van der Waals surface area (Å²) >= 11 is 0. The molecule has 0 saturated carbocycles. The number of anilines is 1. The van der Waals surface area contributed by atoms with Crippen molar-refractivity contribution in [2.75, 3.05) is 18.9 Å². The molecule has 2 aromatic heterocycles. The first-order valence-electron chi connectivity index (χ1n) is 10.4. The van der Waals surface area contributed by atoms with Gasteiger partial charge in [-0.15, -0.1) is 0 Å². The van der Waals surface area contributed by atoms with Crippen molar-refractivity contribution in [2.45, 2.75) is 12.6 Å². The van der Waals surface area contributed by atoms with E-state index in [2.05, 4.69) is 10.1 Å². The van der Waals surface area contributed by atoms with Gasteiger partial charge >= 0.3 is 0 Å². The van der Waals surface area contributed by atoms with E-state index in [0.29, 0.717) is 34.6 Å². The van der Waals surface area contributed by atoms with Crippen LogP contribution in [0.2, 0.25) is 0 Å². The number of rotatable bonds is 6. The van der Waals surface area contributed by atoms with Crippen LogP contribution < -0.4 is 5.73 Å². The second kappa shape index (κ2) is 8.51. The van der Waals surface area contributed by atoms with Gasteiger partial charge in [0.1, 0.15) is 23.9 Å². The fourth-order valence-electron chi connectivity index (χ4n) is 3.95. The van der Waals surface area contributed by atoms with Gasteiger partial charge in [-0.1, -0.05) is 6.07 Å². The van der Waals surface area contributed by atoms with E-state index in [9.17, 15) is 13.6 Å². The molecule has 0 bridgehead atoms. The van der Waals surface area contributed by atoms with Gasteiger partial charge in [0.15, 0.2) is 6.23 Å². The highest BCUT2D eigenvalue weighted by Crippen LogP contribution is 2.35. The number of aromatic amines is 1. The predicted octanol–water partition coefficient (Wildman–Crippen LogP) is 3.83. The average Bonchev–Trinajstić information content (AvgIpc) is 3.53. The van der Waals surface area contributed by atoms with Crippen molar-refractivity contribution in [3.63, 3.8) is 0 Å². The number of carbonyl (C=O) groups is 1. The van der Waals surface area contributed by atoms with Gasteiger partial charge in [0.25, 0.3) is 5.91 Å². The van der Waals surface area contributed by atoms with Gasteiger partial charge in [-0.05, 0) is 54.4 Å². The zero-order chi connectivity index (χ0) is 22.9. The number of nitrogens with zero attached hydrogens (tertiary/aromatic N) is 3. The Labute approximate surface area is 188 Å². The molecule has 4 aromatic rings. The molecule has 0 aliphatic carbocycles. The van der Waals surface area contributed by atoms with Crippen LogP contribution in [0.1, 0.15) is 17.4 Å². The highest BCUT2D eigenvalue weighted by atomic mass is 19.1. The zero-order valence-electron chi connectivity index (χ0n) is 17.5. The van der Waals surface area contributed by atoms with E-state index in [0.717, 1.165) is 5.56 Å². The van der Waals surface area contributed by atoms with Crippen LogP contribution >= 0.6 is 0 Å². The molecule has 3 N–H and O–H groups in total. The number of benzene rings is 2. The minimum Gasteiger partial charge on any atom is -0.399 e. The highest BCUT2D eigenvalue weighted by molar-refractivity contribution is 5.80. The first-order chi connectivity index (χ1) is 16.0. The molecule has 0 spiro atoms. The molecule has 1 aliphatic heterocycles. The lowest BCUT2D eigenvalue weighted by molar-refractivity contribution is -0.128. The van der Waals surface area contributed by atoms with Crippen LogP contribution in [0.3, 0.4) is 0 Å². The maximum absolute atomic E-state index is 14.3. The largest absolute Gasteiger partial charge is 0.399 e. The smallest absolute Gasteiger partial charge is 0.250 e. The summed E-state index contributed by atoms with van der Waals surface area (Å²) < 4.78 is 35.1. The molecular weight excluding hydrogens is 428 g/mol. The number of halogens is 2. The fourth-order valence-corrected chi connectivity index (χ4v) is 3.95. The van der Waals surface area contributed by atoms with Crippen molar-refractivity contribution < 1.29 is 18.3 Å². The molecule has 7 nitrogen and oxygen atoms in total. The number of hydrogen-bond donors (Lipinski definition) is 2. The number of ether oxygens (including phenoxy) is 1. The maximum atomic E-state index is 14.3. The van der Waals surface area contributed by atoms with Crippen LogP contribution in [0.15, 0.2) is 67.1 Å². The molecule has 2 aromatic carbocycles. The summed E-state index contributed by atoms with van der Waals surface area (Å²) in [4.78, 5) is 17.2. The summed E-state index contributed by atoms with van der Waals surface area (Å²) in [5, 5.41) is 4.68. The number of hydrogen-bond acceptors (Lipinski definition) is 4. The topological polar surface area (TPSA) is 89.2 Å². The van der Waals surface area contributed by atoms with Crippen LogP contribution in [0, 0.1) is 11.6 Å². The number of H-pyrrole nitrogens is 1. The maximum Gasteiger partial charge on any atom is 0.250 e. The van der Waals surface area contributed by atoms with Crippen molar-refractivity contribution in [1.29, 1.82) is 0 Å². The van der Waals surface area contributed by atoms with Gasteiger partial charge < -0.3 is 20.4 Å². The summed E-state index contributed by atoms with van der Waals surface area (Å²) in [7, 11) is 0. The Morgan fingerprint density at radius 1 is 1.15 bits per heavy atom. The van der Waals surface area contributed by atoms with Crippen molar-refractivity contribution >= 4 is 11.6 Å². The summed E-state index contributed by atoms with van der Waals surface area (Å²) in [6.45, 7) is 0.182. The van der Waals surface area contributed by atoms with Crippen LogP contribution in [0.25, 0.3) is 16.9 Å². The van der Waals surface area contributed by atoms with Crippen LogP contribution in [0.5, 0.6) is 0 Å². The minimum absolute atomic E-state index is 0.0802. The molecule has 5 rings (SSSR count). The quantitative estimate of drug-likeness (QED) is 0.438. The third-order valence-corrected chi connectivity index (χ3v) is 5.64. The molecule has 1 saturated heterocycles. The lowest BCUT2D eigenvalue weighted by atomic mass is 10.1. The molecule has 0 radical (unpaired) electrons. The minimum atomic E-state index is -0.687. The number of aromatic nitrogens is 3. The second-order valence-electron chi connectivity index (χ2n) is 7.81. The van der Waals surface area contributed by atoms with Gasteiger partial charge in [0.05, 0.1) is 5.69 Å². The lowest BCUT2D eigenvalue weighted by Crippen LogP contribution is -2.31. The Balaban J connectivity index is 1.48. The molecule has 1 aliphatic rings. The molecule has 1 atom stereocenters. The van der Waals surface area contributed by atoms with Crippen molar-refractivity contribution in [1.82, 2.24) is 19.7 Å². The number of carbonyl (C=O) groups excluding carboxylic acids is 1. The van der Waals surface area contributed by atoms with E-state index in [-0.39, 0.29) is 24.9 Å². The third kappa shape index (κ3) is 4.10. The summed E-state index contributed by atoms with van der Waals surface area (Å²) in [5.41, 5.74) is 9.24. The summed E-state index contributed by atoms with van der Waals surface area (Å²) in [6, 6.07) is 12.3. The number of amides is 1. The number of nitrogens with one attached hydrogen (secondary N) is 1. The average molecular weight is 449 g/mol. The van der Waals surface area contributed by atoms with Crippen LogP contribution in [0.4, 0.5) is 14.5 Å². The zero-order valence-corrected chi connectivity index (χ0v) is 17.5. The van der Waals surface area contributed by atoms with E-state index < -0.39 is 12.0 Å². The number of nitrogen functional groups attached to an aromatic ring is 1. The second-order valence-corrected chi connectivity index (χ2v) is 7.81. The Morgan fingerprint density at radius 2 is 1.97 bits per heavy atom. The first-order valence-corrected chi connectivity index (χ1v) is 10.4. The first kappa shape index (κ1) is 20.9. The Hall–Kier alpha value is -3.98. The normalized spacial score (nSPS) is 16.0. The molecule has 9 heteroatoms. The molecule has 1 fully saturated rings. The van der Waals surface area contributed by atoms with E-state index in [4.69, 9.17) is 10.5 Å². The molecule has 168 valence electrons. The highest BCUT2D eigenvalue weighted by Gasteiger charge is 2.36. The fraction of sp³-hybridized carbons (Fsp3) is 0.167. The van der Waals surface area contributed by atoms with Gasteiger partial charge in [-0.2, -0.15) is 5.10 Å². The molecular formula is C24H21F2N5O2. The molecule has 33 heavy (non-hydrogen) atoms. The van der Waals surface area contributed by atoms with E-state index in [1.54, 1.807) is 52.4 Å². The summed E-state index contributed by atoms with van der Waals surface area (Å²) in [6.07, 6.45) is 4.97. The molecule has 1 amide bonds. The molecule has 3 heterocycles. The van der Waals surface area contributed by atoms with Gasteiger partial charge in [-0.3, -0.25) is 4.79 Å². The van der Waals surface area contributed by atoms with Gasteiger partial charge in [0.2, 0.25) is 0 Å². The Kier molecular flexibility index (Phi) is 5.39. The van der Waals surface area contributed by atoms with E-state index in [1.165, 1.54) is 18.2 Å². The van der Waals surface area contributed by atoms with Gasteiger partial charge in [0, 0.05) is 41.9 Å². The standard InChI is InChI=1S/C24H21F2N5O2/c25-17-2-5-19(6-3-17)31-13-20(23(29-31)16-7-9-28-12-16)24-30(22(32)14-33-24)10-8-15-1-4-18(27)11-21(15)26/h1-7,9,11-13,24,28H,8,10,14,27H2. The van der Waals surface area contributed by atoms with E-state index in [1.807, 2.05) is 6.07 Å². The number of nitrogens with two attached hydrogens (primary N) is 1. The monoisotopic (exact) mass is 449 g/mol. The third-order valence-electron chi connectivity index (χ3n) is 5.64.